The lowest BCUT2D eigenvalue weighted by molar-refractivity contribution is 0.0632. The lowest BCUT2D eigenvalue weighted by Gasteiger charge is -2.25. The van der Waals surface area contributed by atoms with Gasteiger partial charge in [0.2, 0.25) is 0 Å². The molecule has 0 radical (unpaired) electrons. The maximum Gasteiger partial charge on any atom is 0.275 e. The van der Waals surface area contributed by atoms with E-state index in [4.69, 9.17) is 21.1 Å². The van der Waals surface area contributed by atoms with E-state index in [1.807, 2.05) is 42.5 Å². The lowest BCUT2D eigenvalue weighted by Crippen LogP contribution is -2.32. The molecule has 2 aliphatic rings. The van der Waals surface area contributed by atoms with Crippen molar-refractivity contribution >= 4 is 38.9 Å². The fourth-order valence-corrected chi connectivity index (χ4v) is 6.08. The Hall–Kier alpha value is -2.45. The Labute approximate surface area is 220 Å². The Kier molecular flexibility index (Phi) is 8.22. The molecule has 0 bridgehead atoms. The largest absolute Gasteiger partial charge is 0.495 e. The molecule has 3 aromatic rings. The minimum atomic E-state index is -0.230. The van der Waals surface area contributed by atoms with Crippen molar-refractivity contribution in [3.05, 3.63) is 69.9 Å². The molecule has 1 saturated carbocycles. The molecule has 1 fully saturated rings. The van der Waals surface area contributed by atoms with Crippen molar-refractivity contribution < 1.29 is 9.47 Å². The minimum Gasteiger partial charge on any atom is -0.495 e. The molecule has 190 valence electrons. The van der Waals surface area contributed by atoms with Gasteiger partial charge in [-0.2, -0.15) is 0 Å². The van der Waals surface area contributed by atoms with E-state index in [0.717, 1.165) is 34.9 Å². The molecule has 0 saturated heterocycles. The summed E-state index contributed by atoms with van der Waals surface area (Å²) in [7, 11) is 1.68. The number of ether oxygens (including phenoxy) is 2. The van der Waals surface area contributed by atoms with Crippen LogP contribution in [-0.2, 0) is 9.47 Å². The Morgan fingerprint density at radius 1 is 1.17 bits per heavy atom. The first kappa shape index (κ1) is 25.2. The molecule has 6 nitrogen and oxygen atoms in total. The normalized spacial score (nSPS) is 18.8. The van der Waals surface area contributed by atoms with E-state index in [9.17, 15) is 4.79 Å². The van der Waals surface area contributed by atoms with Gasteiger partial charge in [-0.05, 0) is 61.7 Å². The van der Waals surface area contributed by atoms with Crippen molar-refractivity contribution in [1.82, 2.24) is 14.9 Å². The summed E-state index contributed by atoms with van der Waals surface area (Å²) in [5, 5.41) is 4.34. The van der Waals surface area contributed by atoms with Crippen molar-refractivity contribution in [2.45, 2.75) is 57.1 Å². The number of halogens is 1. The number of thiophene rings is 1. The maximum atomic E-state index is 13.3. The lowest BCUT2D eigenvalue weighted by atomic mass is 9.95. The van der Waals surface area contributed by atoms with Gasteiger partial charge in [0.05, 0.1) is 12.1 Å². The SMILES string of the molecule is COC1CC(n2cnc3cc(-c4ccc(Cl)cc4)sc3c2=O)=CC=C1OCCCNC1CCCCC1. The predicted molar refractivity (Wildman–Crippen MR) is 148 cm³/mol. The van der Waals surface area contributed by atoms with E-state index in [1.54, 1.807) is 18.0 Å². The second-order valence-electron chi connectivity index (χ2n) is 9.40. The monoisotopic (exact) mass is 525 g/mol. The standard InChI is InChI=1S/C28H32ClN3O3S/c1-34-25-16-22(12-13-24(25)35-15-5-14-30-21-6-3-2-4-7-21)32-18-31-23-17-26(36-27(23)28(32)33)19-8-10-20(29)11-9-19/h8-13,17-18,21,25,30H,2-7,14-16H2,1H3. The van der Waals surface area contributed by atoms with Crippen LogP contribution in [0.25, 0.3) is 26.4 Å². The molecule has 2 heterocycles. The molecule has 2 aromatic heterocycles. The second-order valence-corrected chi connectivity index (χ2v) is 10.9. The first-order valence-corrected chi connectivity index (χ1v) is 13.9. The van der Waals surface area contributed by atoms with Gasteiger partial charge in [-0.3, -0.25) is 9.36 Å². The molecular weight excluding hydrogens is 494 g/mol. The molecule has 0 amide bonds. The van der Waals surface area contributed by atoms with E-state index >= 15 is 0 Å². The van der Waals surface area contributed by atoms with E-state index < -0.39 is 0 Å². The maximum absolute atomic E-state index is 13.3. The summed E-state index contributed by atoms with van der Waals surface area (Å²) in [5.41, 5.74) is 2.49. The number of nitrogens with one attached hydrogen (secondary N) is 1. The Morgan fingerprint density at radius 2 is 1.97 bits per heavy atom. The smallest absolute Gasteiger partial charge is 0.275 e. The number of nitrogens with zero attached hydrogens (tertiary/aromatic N) is 2. The number of hydrogen-bond donors (Lipinski definition) is 1. The minimum absolute atomic E-state index is 0.0714. The van der Waals surface area contributed by atoms with Crippen LogP contribution in [0.5, 0.6) is 0 Å². The average Bonchev–Trinajstić information content (AvgIpc) is 3.35. The summed E-state index contributed by atoms with van der Waals surface area (Å²) in [6, 6.07) is 10.2. The third kappa shape index (κ3) is 5.75. The molecule has 0 aliphatic heterocycles. The second kappa shape index (κ2) is 11.7. The van der Waals surface area contributed by atoms with E-state index in [1.165, 1.54) is 43.4 Å². The van der Waals surface area contributed by atoms with Crippen LogP contribution in [0.1, 0.15) is 44.9 Å². The summed E-state index contributed by atoms with van der Waals surface area (Å²) >= 11 is 7.47. The fourth-order valence-electron chi connectivity index (χ4n) is 4.91. The molecule has 8 heteroatoms. The zero-order valence-electron chi connectivity index (χ0n) is 20.5. The van der Waals surface area contributed by atoms with Gasteiger partial charge >= 0.3 is 0 Å². The molecule has 1 unspecified atom stereocenters. The van der Waals surface area contributed by atoms with Crippen molar-refractivity contribution in [1.29, 1.82) is 0 Å². The number of fused-ring (bicyclic) bond motifs is 1. The zero-order chi connectivity index (χ0) is 24.9. The zero-order valence-corrected chi connectivity index (χ0v) is 22.1. The van der Waals surface area contributed by atoms with Crippen LogP contribution in [0.4, 0.5) is 0 Å². The average molecular weight is 526 g/mol. The van der Waals surface area contributed by atoms with E-state index in [-0.39, 0.29) is 11.7 Å². The van der Waals surface area contributed by atoms with Crippen molar-refractivity contribution in [2.75, 3.05) is 20.3 Å². The van der Waals surface area contributed by atoms with Gasteiger partial charge in [0.1, 0.15) is 22.9 Å². The summed E-state index contributed by atoms with van der Waals surface area (Å²) in [5.74, 6) is 0.808. The van der Waals surface area contributed by atoms with Crippen molar-refractivity contribution in [2.24, 2.45) is 0 Å². The van der Waals surface area contributed by atoms with Crippen LogP contribution in [0.15, 0.2) is 59.4 Å². The van der Waals surface area contributed by atoms with Gasteiger partial charge in [-0.15, -0.1) is 11.3 Å². The molecule has 1 N–H and O–H groups in total. The quantitative estimate of drug-likeness (QED) is 0.334. The molecule has 5 rings (SSSR count). The summed E-state index contributed by atoms with van der Waals surface area (Å²) in [4.78, 5) is 18.9. The summed E-state index contributed by atoms with van der Waals surface area (Å²) in [6.45, 7) is 1.61. The number of aromatic nitrogens is 2. The highest BCUT2D eigenvalue weighted by Crippen LogP contribution is 2.32. The van der Waals surface area contributed by atoms with E-state index in [2.05, 4.69) is 10.3 Å². The van der Waals surface area contributed by atoms with E-state index in [0.29, 0.717) is 34.3 Å². The topological polar surface area (TPSA) is 65.4 Å². The van der Waals surface area contributed by atoms with Crippen molar-refractivity contribution in [3.63, 3.8) is 0 Å². The Morgan fingerprint density at radius 3 is 2.75 bits per heavy atom. The third-order valence-corrected chi connectivity index (χ3v) is 8.35. The molecule has 36 heavy (non-hydrogen) atoms. The number of hydrogen-bond acceptors (Lipinski definition) is 6. The number of methoxy groups -OCH3 is 1. The third-order valence-electron chi connectivity index (χ3n) is 6.94. The Bertz CT molecular complexity index is 1310. The van der Waals surface area contributed by atoms with Gasteiger partial charge in [-0.25, -0.2) is 4.98 Å². The number of benzene rings is 1. The Balaban J connectivity index is 1.26. The van der Waals surface area contributed by atoms with Crippen LogP contribution < -0.4 is 10.9 Å². The van der Waals surface area contributed by atoms with Gasteiger partial charge < -0.3 is 14.8 Å². The van der Waals surface area contributed by atoms with Gasteiger partial charge in [0.25, 0.3) is 5.56 Å². The van der Waals surface area contributed by atoms with Crippen LogP contribution in [-0.4, -0.2) is 42.0 Å². The van der Waals surface area contributed by atoms with Crippen LogP contribution >= 0.6 is 22.9 Å². The summed E-state index contributed by atoms with van der Waals surface area (Å²) in [6.07, 6.45) is 13.4. The first-order chi connectivity index (χ1) is 17.6. The molecule has 2 aliphatic carbocycles. The van der Waals surface area contributed by atoms with Crippen LogP contribution in [0.3, 0.4) is 0 Å². The van der Waals surface area contributed by atoms with Gasteiger partial charge in [0, 0.05) is 35.2 Å². The predicted octanol–water partition coefficient (Wildman–Crippen LogP) is 6.25. The highest BCUT2D eigenvalue weighted by Gasteiger charge is 2.23. The molecule has 1 aromatic carbocycles. The summed E-state index contributed by atoms with van der Waals surface area (Å²) < 4.78 is 14.0. The molecular formula is C28H32ClN3O3S. The molecule has 0 spiro atoms. The van der Waals surface area contributed by atoms with Gasteiger partial charge in [-0.1, -0.05) is 43.0 Å². The van der Waals surface area contributed by atoms with Crippen LogP contribution in [0.2, 0.25) is 5.02 Å². The fraction of sp³-hybridized carbons (Fsp3) is 0.429. The van der Waals surface area contributed by atoms with Crippen LogP contribution in [0, 0.1) is 0 Å². The first-order valence-electron chi connectivity index (χ1n) is 12.7. The highest BCUT2D eigenvalue weighted by molar-refractivity contribution is 7.22. The number of rotatable bonds is 9. The van der Waals surface area contributed by atoms with Crippen molar-refractivity contribution in [3.8, 4) is 10.4 Å². The highest BCUT2D eigenvalue weighted by atomic mass is 35.5. The molecule has 1 atom stereocenters. The number of allylic oxidation sites excluding steroid dienone is 2. The van der Waals surface area contributed by atoms with Gasteiger partial charge in [0.15, 0.2) is 0 Å².